The quantitative estimate of drug-likeness (QED) is 0.225. The molecule has 49 heavy (non-hydrogen) atoms. The number of nitrogen functional groups attached to an aromatic ring is 2. The van der Waals surface area contributed by atoms with Crippen molar-refractivity contribution >= 4 is 33.7 Å². The molecule has 0 aliphatic rings. The van der Waals surface area contributed by atoms with Crippen molar-refractivity contribution < 1.29 is 8.78 Å². The molecule has 0 saturated carbocycles. The summed E-state index contributed by atoms with van der Waals surface area (Å²) in [5.74, 6) is -0.125. The maximum atomic E-state index is 13.5. The molecule has 14 heteroatoms. The highest BCUT2D eigenvalue weighted by atomic mass is 19.1. The second kappa shape index (κ2) is 13.0. The molecule has 238 valence electrons. The van der Waals surface area contributed by atoms with E-state index in [-0.39, 0.29) is 5.82 Å². The molecular formula is C35H24F2N12. The van der Waals surface area contributed by atoms with Crippen molar-refractivity contribution in [2.24, 2.45) is 0 Å². The highest BCUT2D eigenvalue weighted by Crippen LogP contribution is 2.31. The monoisotopic (exact) mass is 650 g/mol. The smallest absolute Gasteiger partial charge is 0.153 e. The zero-order chi connectivity index (χ0) is 33.9. The van der Waals surface area contributed by atoms with Crippen LogP contribution in [-0.2, 0) is 0 Å². The van der Waals surface area contributed by atoms with Crippen LogP contribution in [0.3, 0.4) is 0 Å². The molecule has 8 heterocycles. The second-order valence-electron chi connectivity index (χ2n) is 10.6. The minimum absolute atomic E-state index is 0.312. The second-order valence-corrected chi connectivity index (χ2v) is 10.6. The molecule has 12 nitrogen and oxygen atoms in total. The van der Waals surface area contributed by atoms with Gasteiger partial charge in [0.15, 0.2) is 11.6 Å². The van der Waals surface area contributed by atoms with E-state index in [2.05, 4.69) is 49.8 Å². The lowest BCUT2D eigenvalue weighted by Gasteiger charge is -2.09. The van der Waals surface area contributed by atoms with E-state index in [9.17, 15) is 8.78 Å². The van der Waals surface area contributed by atoms with Crippen LogP contribution in [0, 0.1) is 18.6 Å². The molecule has 0 saturated heterocycles. The fraction of sp³-hybridized carbons (Fsp3) is 0.0286. The van der Waals surface area contributed by atoms with E-state index in [4.69, 9.17) is 11.5 Å². The van der Waals surface area contributed by atoms with Crippen LogP contribution in [-0.4, -0.2) is 49.8 Å². The van der Waals surface area contributed by atoms with Crippen molar-refractivity contribution in [2.75, 3.05) is 11.5 Å². The lowest BCUT2D eigenvalue weighted by atomic mass is 10.1. The number of nitrogens with two attached hydrogens (primary N) is 2. The number of nitrogens with zero attached hydrogens (tertiary/aromatic N) is 10. The molecule has 0 radical (unpaired) electrons. The van der Waals surface area contributed by atoms with Crippen LogP contribution in [0.15, 0.2) is 104 Å². The van der Waals surface area contributed by atoms with E-state index in [1.165, 1.54) is 24.8 Å². The van der Waals surface area contributed by atoms with Gasteiger partial charge < -0.3 is 11.5 Å². The summed E-state index contributed by atoms with van der Waals surface area (Å²) in [7, 11) is 0. The third-order valence-electron chi connectivity index (χ3n) is 7.42. The number of fused-ring (bicyclic) bond motifs is 2. The summed E-state index contributed by atoms with van der Waals surface area (Å²) in [6.45, 7) is 1.62. The van der Waals surface area contributed by atoms with Gasteiger partial charge in [-0.2, -0.15) is 0 Å². The Morgan fingerprint density at radius 3 is 1.57 bits per heavy atom. The zero-order valence-corrected chi connectivity index (χ0v) is 25.7. The van der Waals surface area contributed by atoms with E-state index in [0.717, 1.165) is 17.3 Å². The SMILES string of the molecule is Cc1nc(-c2ncccc2-c2ccc3ncnc(N)c3n2)ccc1F.Nc1ncnc2ccc(-c3cccnc3-c3ccc(F)cn3)nc12. The van der Waals surface area contributed by atoms with Gasteiger partial charge in [-0.25, -0.2) is 43.7 Å². The molecule has 0 aromatic carbocycles. The fourth-order valence-electron chi connectivity index (χ4n) is 5.04. The van der Waals surface area contributed by atoms with Crippen molar-refractivity contribution in [3.63, 3.8) is 0 Å². The first-order valence-electron chi connectivity index (χ1n) is 14.8. The van der Waals surface area contributed by atoms with Crippen molar-refractivity contribution in [1.29, 1.82) is 0 Å². The van der Waals surface area contributed by atoms with Gasteiger partial charge in [-0.15, -0.1) is 0 Å². The van der Waals surface area contributed by atoms with Crippen LogP contribution in [0.2, 0.25) is 0 Å². The van der Waals surface area contributed by atoms with Crippen LogP contribution >= 0.6 is 0 Å². The summed E-state index contributed by atoms with van der Waals surface area (Å²) in [6, 6.07) is 20.6. The maximum absolute atomic E-state index is 13.5. The average Bonchev–Trinajstić information content (AvgIpc) is 3.14. The third-order valence-corrected chi connectivity index (χ3v) is 7.42. The minimum atomic E-state index is -0.398. The van der Waals surface area contributed by atoms with Gasteiger partial charge in [0.25, 0.3) is 0 Å². The van der Waals surface area contributed by atoms with Crippen molar-refractivity contribution in [3.05, 3.63) is 121 Å². The van der Waals surface area contributed by atoms with Crippen molar-refractivity contribution in [2.45, 2.75) is 6.92 Å². The van der Waals surface area contributed by atoms with Crippen LogP contribution < -0.4 is 11.5 Å². The summed E-state index contributed by atoms with van der Waals surface area (Å²) in [5.41, 5.74) is 19.7. The van der Waals surface area contributed by atoms with E-state index in [1.807, 2.05) is 42.5 Å². The Labute approximate surface area is 277 Å². The molecule has 0 atom stereocenters. The van der Waals surface area contributed by atoms with Gasteiger partial charge in [-0.1, -0.05) is 0 Å². The molecule has 0 aliphatic carbocycles. The molecular weight excluding hydrogens is 626 g/mol. The van der Waals surface area contributed by atoms with Gasteiger partial charge in [0.2, 0.25) is 0 Å². The Morgan fingerprint density at radius 1 is 0.510 bits per heavy atom. The number of halogens is 2. The summed E-state index contributed by atoms with van der Waals surface area (Å²) in [5, 5.41) is 0. The Morgan fingerprint density at radius 2 is 1.04 bits per heavy atom. The van der Waals surface area contributed by atoms with Crippen LogP contribution in [0.4, 0.5) is 20.4 Å². The summed E-state index contributed by atoms with van der Waals surface area (Å²) < 4.78 is 26.7. The maximum Gasteiger partial charge on any atom is 0.153 e. The highest BCUT2D eigenvalue weighted by molar-refractivity contribution is 5.89. The zero-order valence-electron chi connectivity index (χ0n) is 25.7. The Balaban J connectivity index is 0.000000154. The van der Waals surface area contributed by atoms with Crippen molar-refractivity contribution in [1.82, 2.24) is 49.8 Å². The highest BCUT2D eigenvalue weighted by Gasteiger charge is 2.15. The summed E-state index contributed by atoms with van der Waals surface area (Å²) in [4.78, 5) is 42.6. The van der Waals surface area contributed by atoms with Gasteiger partial charge in [0.05, 0.1) is 57.1 Å². The predicted octanol–water partition coefficient (Wildman–Crippen LogP) is 6.05. The fourth-order valence-corrected chi connectivity index (χ4v) is 5.04. The molecule has 8 aromatic rings. The van der Waals surface area contributed by atoms with E-state index < -0.39 is 5.82 Å². The van der Waals surface area contributed by atoms with E-state index >= 15 is 0 Å². The number of hydrogen-bond acceptors (Lipinski definition) is 12. The number of rotatable bonds is 4. The number of pyridine rings is 6. The van der Waals surface area contributed by atoms with Crippen LogP contribution in [0.25, 0.3) is 67.4 Å². The molecule has 4 N–H and O–H groups in total. The van der Waals surface area contributed by atoms with Crippen LogP contribution in [0.5, 0.6) is 0 Å². The normalized spacial score (nSPS) is 10.9. The van der Waals surface area contributed by atoms with E-state index in [1.54, 1.807) is 37.5 Å². The molecule has 0 spiro atoms. The molecule has 0 amide bonds. The molecule has 8 rings (SSSR count). The van der Waals surface area contributed by atoms with E-state index in [0.29, 0.717) is 73.6 Å². The molecule has 0 fully saturated rings. The van der Waals surface area contributed by atoms with Gasteiger partial charge in [0, 0.05) is 23.5 Å². The number of aromatic nitrogens is 10. The van der Waals surface area contributed by atoms with Gasteiger partial charge in [-0.05, 0) is 79.7 Å². The minimum Gasteiger partial charge on any atom is -0.382 e. The molecule has 0 aliphatic heterocycles. The first-order chi connectivity index (χ1) is 23.9. The first-order valence-corrected chi connectivity index (χ1v) is 14.8. The summed E-state index contributed by atoms with van der Waals surface area (Å²) >= 11 is 0. The molecule has 8 aromatic heterocycles. The standard InChI is InChI=1S/C18H13FN6.C17H11FN6/c1-10-12(19)4-5-15(24-10)16-11(3-2-8-21-16)13-6-7-14-17(25-13)18(20)23-9-22-14;18-10-3-4-13(21-8-10)15-11(2-1-7-20-15)12-5-6-14-16(24-12)17(19)23-9-22-14/h2-9H,1H3,(H2,20,22,23);1-9H,(H2,19,22,23). The van der Waals surface area contributed by atoms with Crippen LogP contribution in [0.1, 0.15) is 5.69 Å². The Bertz CT molecular complexity index is 2470. The van der Waals surface area contributed by atoms with Gasteiger partial charge in [-0.3, -0.25) is 15.0 Å². The number of hydrogen-bond donors (Lipinski definition) is 2. The summed E-state index contributed by atoms with van der Waals surface area (Å²) in [6.07, 6.45) is 7.28. The third kappa shape index (κ3) is 6.25. The predicted molar refractivity (Wildman–Crippen MR) is 181 cm³/mol. The van der Waals surface area contributed by atoms with Crippen molar-refractivity contribution in [3.8, 4) is 45.3 Å². The lowest BCUT2D eigenvalue weighted by molar-refractivity contribution is 0.610. The van der Waals surface area contributed by atoms with Gasteiger partial charge >= 0.3 is 0 Å². The number of aryl methyl sites for hydroxylation is 1. The van der Waals surface area contributed by atoms with Gasteiger partial charge in [0.1, 0.15) is 35.3 Å². The lowest BCUT2D eigenvalue weighted by Crippen LogP contribution is -1.98. The topological polar surface area (TPSA) is 181 Å². The molecule has 0 bridgehead atoms. The average molecular weight is 651 g/mol. The first kappa shape index (κ1) is 30.7. The Kier molecular flexibility index (Phi) is 8.16. The largest absolute Gasteiger partial charge is 0.382 e. The Hall–Kier alpha value is -6.96. The molecule has 0 unspecified atom stereocenters. The number of anilines is 2.